The van der Waals surface area contributed by atoms with E-state index in [0.29, 0.717) is 19.6 Å². The maximum Gasteiger partial charge on any atom is 0.507 e. The lowest BCUT2D eigenvalue weighted by molar-refractivity contribution is -0.530. The number of nitrogens with two attached hydrogens (primary N) is 2. The molecule has 0 saturated heterocycles. The Hall–Kier alpha value is -1.30. The normalized spacial score (nSPS) is 16.3. The lowest BCUT2D eigenvalue weighted by Crippen LogP contribution is -2.40. The summed E-state index contributed by atoms with van der Waals surface area (Å²) in [7, 11) is 0. The number of carbonyl (C=O) groups is 1. The molecule has 1 aliphatic heterocycles. The average molecular weight is 257 g/mol. The van der Waals surface area contributed by atoms with Gasteiger partial charge in [0.2, 0.25) is 0 Å². The summed E-state index contributed by atoms with van der Waals surface area (Å²) in [4.78, 5) is 13.7. The zero-order valence-electron chi connectivity index (χ0n) is 11.6. The van der Waals surface area contributed by atoms with Crippen molar-refractivity contribution in [2.45, 2.75) is 45.6 Å². The second-order valence-electron chi connectivity index (χ2n) is 5.49. The minimum Gasteiger partial charge on any atom is -0.426 e. The fourth-order valence-corrected chi connectivity index (χ4v) is 1.84. The van der Waals surface area contributed by atoms with Gasteiger partial charge in [-0.15, -0.1) is 0 Å². The van der Waals surface area contributed by atoms with Crippen LogP contribution in [0.25, 0.3) is 0 Å². The lowest BCUT2D eigenvalue weighted by atomic mass is 10.2. The molecular formula is C12H25N4O2+. The molecule has 104 valence electrons. The Labute approximate surface area is 109 Å². The van der Waals surface area contributed by atoms with Crippen LogP contribution in [0.15, 0.2) is 0 Å². The number of amidine groups is 1. The Morgan fingerprint density at radius 1 is 1.44 bits per heavy atom. The molecule has 0 saturated carbocycles. The van der Waals surface area contributed by atoms with Crippen LogP contribution >= 0.6 is 0 Å². The van der Waals surface area contributed by atoms with Crippen molar-refractivity contribution in [1.82, 2.24) is 4.90 Å². The van der Waals surface area contributed by atoms with E-state index < -0.39 is 5.60 Å². The highest BCUT2D eigenvalue weighted by Crippen LogP contribution is 2.14. The van der Waals surface area contributed by atoms with E-state index in [2.05, 4.69) is 0 Å². The summed E-state index contributed by atoms with van der Waals surface area (Å²) in [6.45, 7) is 7.46. The first kappa shape index (κ1) is 14.8. The highest BCUT2D eigenvalue weighted by Gasteiger charge is 2.38. The van der Waals surface area contributed by atoms with E-state index in [1.54, 1.807) is 9.58 Å². The van der Waals surface area contributed by atoms with Gasteiger partial charge in [0.15, 0.2) is 0 Å². The Bertz CT molecular complexity index is 333. The molecule has 1 amide bonds. The molecule has 0 aromatic carbocycles. The summed E-state index contributed by atoms with van der Waals surface area (Å²) in [5, 5.41) is 0. The van der Waals surface area contributed by atoms with Crippen LogP contribution in [0, 0.1) is 0 Å². The van der Waals surface area contributed by atoms with Crippen LogP contribution in [0.2, 0.25) is 0 Å². The van der Waals surface area contributed by atoms with Crippen LogP contribution < -0.4 is 11.6 Å². The highest BCUT2D eigenvalue weighted by molar-refractivity contribution is 5.93. The van der Waals surface area contributed by atoms with Crippen molar-refractivity contribution >= 4 is 11.9 Å². The van der Waals surface area contributed by atoms with Gasteiger partial charge in [0, 0.05) is 0 Å². The standard InChI is InChI=1S/C12H25N4O2/c1-12(2,3)18-11(17)15-8-9-16(14)10(15)6-4-5-7-13/h4-9,13-14H2,1-3H3/q+1. The van der Waals surface area contributed by atoms with Crippen LogP contribution in [-0.2, 0) is 4.74 Å². The summed E-state index contributed by atoms with van der Waals surface area (Å²) >= 11 is 0. The van der Waals surface area contributed by atoms with E-state index in [9.17, 15) is 4.79 Å². The predicted molar refractivity (Wildman–Crippen MR) is 70.2 cm³/mol. The number of carbonyl (C=O) groups excluding carboxylic acids is 1. The van der Waals surface area contributed by atoms with Gasteiger partial charge in [0.25, 0.3) is 5.84 Å². The molecular weight excluding hydrogens is 232 g/mol. The lowest BCUT2D eigenvalue weighted by Gasteiger charge is -2.20. The molecule has 0 spiro atoms. The van der Waals surface area contributed by atoms with Gasteiger partial charge in [-0.3, -0.25) is 5.84 Å². The predicted octanol–water partition coefficient (Wildman–Crippen LogP) is 0.651. The number of rotatable bonds is 4. The zero-order valence-corrected chi connectivity index (χ0v) is 11.6. The van der Waals surface area contributed by atoms with E-state index in [-0.39, 0.29) is 6.09 Å². The second kappa shape index (κ2) is 6.04. The molecule has 0 unspecified atom stereocenters. The molecule has 4 N–H and O–H groups in total. The van der Waals surface area contributed by atoms with E-state index in [0.717, 1.165) is 25.1 Å². The van der Waals surface area contributed by atoms with Crippen LogP contribution in [-0.4, -0.2) is 46.7 Å². The zero-order chi connectivity index (χ0) is 13.8. The smallest absolute Gasteiger partial charge is 0.426 e. The Morgan fingerprint density at radius 3 is 2.67 bits per heavy atom. The first-order valence-electron chi connectivity index (χ1n) is 6.44. The number of hydrazone groups is 1. The quantitative estimate of drug-likeness (QED) is 0.440. The fraction of sp³-hybridized carbons (Fsp3) is 0.833. The molecule has 6 nitrogen and oxygen atoms in total. The number of hydrazine groups is 1. The maximum atomic E-state index is 12.0. The summed E-state index contributed by atoms with van der Waals surface area (Å²) in [5.74, 6) is 6.70. The van der Waals surface area contributed by atoms with Gasteiger partial charge in [-0.05, 0) is 40.2 Å². The van der Waals surface area contributed by atoms with Crippen molar-refractivity contribution in [2.24, 2.45) is 11.6 Å². The Balaban J connectivity index is 2.62. The molecule has 0 aromatic rings. The number of hydrogen-bond donors (Lipinski definition) is 2. The Morgan fingerprint density at radius 2 is 2.11 bits per heavy atom. The molecule has 1 heterocycles. The van der Waals surface area contributed by atoms with Gasteiger partial charge in [0.05, 0.1) is 6.42 Å². The minimum atomic E-state index is -0.485. The maximum absolute atomic E-state index is 12.0. The number of unbranched alkanes of at least 4 members (excludes halogenated alkanes) is 1. The molecule has 0 aliphatic carbocycles. The third-order valence-corrected chi connectivity index (χ3v) is 2.68. The van der Waals surface area contributed by atoms with Crippen molar-refractivity contribution in [3.05, 3.63) is 0 Å². The molecule has 0 bridgehead atoms. The average Bonchev–Trinajstić information content (AvgIpc) is 2.58. The number of hydrogen-bond acceptors (Lipinski definition) is 4. The first-order valence-corrected chi connectivity index (χ1v) is 6.44. The van der Waals surface area contributed by atoms with Gasteiger partial charge in [-0.2, -0.15) is 14.4 Å². The number of nitrogens with zero attached hydrogens (tertiary/aromatic N) is 2. The van der Waals surface area contributed by atoms with Crippen molar-refractivity contribution in [2.75, 3.05) is 19.6 Å². The minimum absolute atomic E-state index is 0.321. The van der Waals surface area contributed by atoms with E-state index in [4.69, 9.17) is 16.3 Å². The third kappa shape index (κ3) is 4.18. The molecule has 0 atom stereocenters. The van der Waals surface area contributed by atoms with E-state index >= 15 is 0 Å². The largest absolute Gasteiger partial charge is 0.507 e. The highest BCUT2D eigenvalue weighted by atomic mass is 16.6. The van der Waals surface area contributed by atoms with Gasteiger partial charge in [-0.1, -0.05) is 0 Å². The molecule has 6 heteroatoms. The number of ether oxygens (including phenoxy) is 1. The molecule has 18 heavy (non-hydrogen) atoms. The van der Waals surface area contributed by atoms with Crippen molar-refractivity contribution < 1.29 is 14.2 Å². The summed E-state index contributed by atoms with van der Waals surface area (Å²) < 4.78 is 6.99. The third-order valence-electron chi connectivity index (χ3n) is 2.68. The monoisotopic (exact) mass is 257 g/mol. The van der Waals surface area contributed by atoms with Crippen molar-refractivity contribution in [3.63, 3.8) is 0 Å². The molecule has 1 aliphatic rings. The number of amides is 1. The van der Waals surface area contributed by atoms with Gasteiger partial charge >= 0.3 is 6.09 Å². The second-order valence-corrected chi connectivity index (χ2v) is 5.49. The summed E-state index contributed by atoms with van der Waals surface area (Å²) in [6.07, 6.45) is 2.30. The van der Waals surface area contributed by atoms with Crippen molar-refractivity contribution in [3.8, 4) is 0 Å². The first-order chi connectivity index (χ1) is 8.35. The van der Waals surface area contributed by atoms with Crippen LogP contribution in [0.4, 0.5) is 4.79 Å². The summed E-state index contributed by atoms with van der Waals surface area (Å²) in [5.41, 5.74) is 4.98. The van der Waals surface area contributed by atoms with Crippen LogP contribution in [0.1, 0.15) is 40.0 Å². The van der Waals surface area contributed by atoms with Crippen LogP contribution in [0.5, 0.6) is 0 Å². The fourth-order valence-electron chi connectivity index (χ4n) is 1.84. The van der Waals surface area contributed by atoms with E-state index in [1.807, 2.05) is 20.8 Å². The summed E-state index contributed by atoms with van der Waals surface area (Å²) in [6, 6.07) is 0. The van der Waals surface area contributed by atoms with Gasteiger partial charge in [0.1, 0.15) is 18.7 Å². The van der Waals surface area contributed by atoms with Crippen LogP contribution in [0.3, 0.4) is 0 Å². The van der Waals surface area contributed by atoms with Gasteiger partial charge < -0.3 is 10.5 Å². The molecule has 0 radical (unpaired) electrons. The van der Waals surface area contributed by atoms with E-state index in [1.165, 1.54) is 0 Å². The molecule has 0 fully saturated rings. The molecule has 0 aromatic heterocycles. The Kier molecular flexibility index (Phi) is 4.95. The van der Waals surface area contributed by atoms with Gasteiger partial charge in [-0.25, -0.2) is 0 Å². The van der Waals surface area contributed by atoms with Crippen molar-refractivity contribution in [1.29, 1.82) is 0 Å². The SMILES string of the molecule is CC(C)(C)OC(=O)N1CC[N+](N)=C1CCCCN. The topological polar surface area (TPSA) is 84.6 Å². The molecule has 1 rings (SSSR count).